The van der Waals surface area contributed by atoms with Gasteiger partial charge in [0.2, 0.25) is 5.91 Å². The Balaban J connectivity index is 2.74. The van der Waals surface area contributed by atoms with Crippen LogP contribution in [0, 0.1) is 0 Å². The van der Waals surface area contributed by atoms with Crippen LogP contribution in [0.15, 0.2) is 29.4 Å². The van der Waals surface area contributed by atoms with E-state index in [4.69, 9.17) is 10.9 Å². The van der Waals surface area contributed by atoms with Crippen molar-refractivity contribution in [2.45, 2.75) is 19.8 Å². The van der Waals surface area contributed by atoms with Crippen LogP contribution in [-0.2, 0) is 11.2 Å². The molecule has 17 heavy (non-hydrogen) atoms. The number of benzene rings is 1. The minimum absolute atomic E-state index is 0.0907. The van der Waals surface area contributed by atoms with E-state index in [0.29, 0.717) is 0 Å². The molecule has 0 saturated carbocycles. The smallest absolute Gasteiger partial charge is 0.234 e. The molecule has 0 atom stereocenters. The molecule has 1 aromatic rings. The number of hydrogen-bond acceptors (Lipinski definition) is 3. The van der Waals surface area contributed by atoms with Crippen molar-refractivity contribution in [3.8, 4) is 0 Å². The summed E-state index contributed by atoms with van der Waals surface area (Å²) in [6, 6.07) is 7.71. The summed E-state index contributed by atoms with van der Waals surface area (Å²) in [6.45, 7) is 2.07. The fourth-order valence-electron chi connectivity index (χ4n) is 1.41. The first-order chi connectivity index (χ1) is 8.08. The van der Waals surface area contributed by atoms with Gasteiger partial charge in [-0.1, -0.05) is 24.2 Å². The third kappa shape index (κ3) is 3.48. The van der Waals surface area contributed by atoms with Gasteiger partial charge in [-0.05, 0) is 24.1 Å². The van der Waals surface area contributed by atoms with Crippen LogP contribution in [0.25, 0.3) is 0 Å². The molecule has 0 fully saturated rings. The van der Waals surface area contributed by atoms with Gasteiger partial charge in [-0.15, -0.1) is 0 Å². The maximum Gasteiger partial charge on any atom is 0.234 e. The van der Waals surface area contributed by atoms with Crippen molar-refractivity contribution in [3.63, 3.8) is 0 Å². The van der Waals surface area contributed by atoms with E-state index in [-0.39, 0.29) is 18.2 Å². The molecule has 1 aromatic carbocycles. The molecule has 1 amide bonds. The maximum atomic E-state index is 11.7. The second kappa shape index (κ2) is 5.89. The predicted octanol–water partition coefficient (Wildman–Crippen LogP) is 1.35. The molecule has 0 saturated heterocycles. The Labute approximate surface area is 101 Å². The van der Waals surface area contributed by atoms with E-state index in [1.54, 1.807) is 7.05 Å². The van der Waals surface area contributed by atoms with Crippen molar-refractivity contribution in [2.75, 3.05) is 11.9 Å². The second-order valence-corrected chi connectivity index (χ2v) is 3.74. The third-order valence-electron chi connectivity index (χ3n) is 2.57. The van der Waals surface area contributed by atoms with Gasteiger partial charge in [-0.2, -0.15) is 0 Å². The molecule has 92 valence electrons. The lowest BCUT2D eigenvalue weighted by Crippen LogP contribution is -2.30. The molecule has 0 bridgehead atoms. The van der Waals surface area contributed by atoms with Crippen LogP contribution >= 0.6 is 0 Å². The molecule has 0 spiro atoms. The van der Waals surface area contributed by atoms with Crippen molar-refractivity contribution in [3.05, 3.63) is 29.8 Å². The van der Waals surface area contributed by atoms with Crippen molar-refractivity contribution < 1.29 is 10.0 Å². The Morgan fingerprint density at radius 3 is 2.47 bits per heavy atom. The van der Waals surface area contributed by atoms with Gasteiger partial charge in [0, 0.05) is 12.7 Å². The van der Waals surface area contributed by atoms with Crippen molar-refractivity contribution in [1.29, 1.82) is 0 Å². The summed E-state index contributed by atoms with van der Waals surface area (Å²) in [5.41, 5.74) is 7.29. The standard InChI is InChI=1S/C12H17N3O2/c1-3-9-4-6-10(7-5-9)15(2)12(16)8-11(13)14-17/h4-7,17H,3,8H2,1-2H3,(H2,13,14). The monoisotopic (exact) mass is 235 g/mol. The predicted molar refractivity (Wildman–Crippen MR) is 67.3 cm³/mol. The highest BCUT2D eigenvalue weighted by Crippen LogP contribution is 2.14. The van der Waals surface area contributed by atoms with Gasteiger partial charge in [0.15, 0.2) is 0 Å². The fraction of sp³-hybridized carbons (Fsp3) is 0.333. The Hall–Kier alpha value is -2.04. The number of carbonyl (C=O) groups is 1. The summed E-state index contributed by atoms with van der Waals surface area (Å²) < 4.78 is 0. The second-order valence-electron chi connectivity index (χ2n) is 3.74. The summed E-state index contributed by atoms with van der Waals surface area (Å²) in [5.74, 6) is -0.309. The average Bonchev–Trinajstić information content (AvgIpc) is 2.37. The summed E-state index contributed by atoms with van der Waals surface area (Å²) in [7, 11) is 1.66. The van der Waals surface area contributed by atoms with Gasteiger partial charge >= 0.3 is 0 Å². The van der Waals surface area contributed by atoms with Crippen molar-refractivity contribution in [1.82, 2.24) is 0 Å². The van der Waals surface area contributed by atoms with E-state index >= 15 is 0 Å². The number of oxime groups is 1. The number of amides is 1. The Morgan fingerprint density at radius 1 is 1.41 bits per heavy atom. The lowest BCUT2D eigenvalue weighted by molar-refractivity contribution is -0.117. The molecule has 0 aliphatic carbocycles. The molecular weight excluding hydrogens is 218 g/mol. The van der Waals surface area contributed by atoms with E-state index < -0.39 is 0 Å². The highest BCUT2D eigenvalue weighted by molar-refractivity contribution is 6.05. The van der Waals surface area contributed by atoms with Crippen LogP contribution < -0.4 is 10.6 Å². The lowest BCUT2D eigenvalue weighted by atomic mass is 10.1. The number of rotatable bonds is 4. The number of carbonyl (C=O) groups excluding carboxylic acids is 1. The quantitative estimate of drug-likeness (QED) is 0.358. The molecule has 0 heterocycles. The Bertz CT molecular complexity index is 412. The molecule has 0 radical (unpaired) electrons. The molecule has 3 N–H and O–H groups in total. The summed E-state index contributed by atoms with van der Waals surface area (Å²) >= 11 is 0. The number of nitrogens with zero attached hydrogens (tertiary/aromatic N) is 2. The fourth-order valence-corrected chi connectivity index (χ4v) is 1.41. The molecule has 0 aliphatic rings. The third-order valence-corrected chi connectivity index (χ3v) is 2.57. The van der Waals surface area contributed by atoms with Crippen LogP contribution in [0.5, 0.6) is 0 Å². The van der Waals surface area contributed by atoms with E-state index in [9.17, 15) is 4.79 Å². The van der Waals surface area contributed by atoms with E-state index in [2.05, 4.69) is 12.1 Å². The van der Waals surface area contributed by atoms with Gasteiger partial charge in [0.25, 0.3) is 0 Å². The molecule has 5 heteroatoms. The van der Waals surface area contributed by atoms with Crippen LogP contribution in [-0.4, -0.2) is 24.0 Å². The number of amidine groups is 1. The first-order valence-corrected chi connectivity index (χ1v) is 5.40. The van der Waals surface area contributed by atoms with E-state index in [1.807, 2.05) is 24.3 Å². The zero-order chi connectivity index (χ0) is 12.8. The van der Waals surface area contributed by atoms with Gasteiger partial charge < -0.3 is 15.8 Å². The summed E-state index contributed by atoms with van der Waals surface area (Å²) in [6.07, 6.45) is 0.866. The van der Waals surface area contributed by atoms with Crippen LogP contribution in [0.3, 0.4) is 0 Å². The van der Waals surface area contributed by atoms with Gasteiger partial charge in [-0.25, -0.2) is 0 Å². The average molecular weight is 235 g/mol. The number of aryl methyl sites for hydroxylation is 1. The zero-order valence-corrected chi connectivity index (χ0v) is 10.1. The van der Waals surface area contributed by atoms with E-state index in [0.717, 1.165) is 12.1 Å². The first-order valence-electron chi connectivity index (χ1n) is 5.40. The van der Waals surface area contributed by atoms with Crippen LogP contribution in [0.1, 0.15) is 18.9 Å². The van der Waals surface area contributed by atoms with Gasteiger partial charge in [0.1, 0.15) is 5.84 Å². The van der Waals surface area contributed by atoms with E-state index in [1.165, 1.54) is 10.5 Å². The highest BCUT2D eigenvalue weighted by atomic mass is 16.4. The van der Waals surface area contributed by atoms with Crippen molar-refractivity contribution in [2.24, 2.45) is 10.9 Å². The van der Waals surface area contributed by atoms with Gasteiger partial charge in [0.05, 0.1) is 6.42 Å². The minimum atomic E-state index is -0.218. The first kappa shape index (κ1) is 13.0. The van der Waals surface area contributed by atoms with Crippen molar-refractivity contribution >= 4 is 17.4 Å². The molecule has 1 rings (SSSR count). The maximum absolute atomic E-state index is 11.7. The number of nitrogens with two attached hydrogens (primary N) is 1. The largest absolute Gasteiger partial charge is 0.409 e. The van der Waals surface area contributed by atoms with Gasteiger partial charge in [-0.3, -0.25) is 4.79 Å². The van der Waals surface area contributed by atoms with Crippen LogP contribution in [0.2, 0.25) is 0 Å². The molecular formula is C12H17N3O2. The Kier molecular flexibility index (Phi) is 4.51. The number of anilines is 1. The lowest BCUT2D eigenvalue weighted by Gasteiger charge is -2.17. The Morgan fingerprint density at radius 2 is 2.00 bits per heavy atom. The molecule has 0 aliphatic heterocycles. The molecule has 5 nitrogen and oxygen atoms in total. The normalized spacial score (nSPS) is 11.3. The molecule has 0 aromatic heterocycles. The summed E-state index contributed by atoms with van der Waals surface area (Å²) in [4.78, 5) is 13.2. The highest BCUT2D eigenvalue weighted by Gasteiger charge is 2.12. The number of hydrogen-bond donors (Lipinski definition) is 2. The summed E-state index contributed by atoms with van der Waals surface area (Å²) in [5, 5.41) is 11.2. The SMILES string of the molecule is CCc1ccc(N(C)C(=O)CC(N)=NO)cc1. The molecule has 0 unspecified atom stereocenters. The zero-order valence-electron chi connectivity index (χ0n) is 10.1. The minimum Gasteiger partial charge on any atom is -0.409 e. The topological polar surface area (TPSA) is 78.9 Å². The van der Waals surface area contributed by atoms with Crippen LogP contribution in [0.4, 0.5) is 5.69 Å².